The van der Waals surface area contributed by atoms with Crippen LogP contribution in [0.3, 0.4) is 0 Å². The third-order valence-electron chi connectivity index (χ3n) is 3.43. The minimum atomic E-state index is -0.225. The molecule has 0 amide bonds. The minimum Gasteiger partial charge on any atom is -0.392 e. The van der Waals surface area contributed by atoms with Gasteiger partial charge >= 0.3 is 0 Å². The number of thiophene rings is 1. The van der Waals surface area contributed by atoms with Crippen LogP contribution in [0.15, 0.2) is 9.85 Å². The average molecular weight is 332 g/mol. The fraction of sp³-hybridized carbons (Fsp3) is 0.714. The predicted octanol–water partition coefficient (Wildman–Crippen LogP) is 3.88. The highest BCUT2D eigenvalue weighted by Crippen LogP contribution is 2.37. The zero-order valence-electron chi connectivity index (χ0n) is 11.1. The molecule has 1 aliphatic rings. The van der Waals surface area contributed by atoms with Crippen molar-refractivity contribution in [3.63, 3.8) is 0 Å². The molecule has 0 aliphatic heterocycles. The average Bonchev–Trinajstić information content (AvgIpc) is 2.66. The summed E-state index contributed by atoms with van der Waals surface area (Å²) in [5.74, 6) is 0.555. The van der Waals surface area contributed by atoms with Crippen LogP contribution >= 0.6 is 27.3 Å². The summed E-state index contributed by atoms with van der Waals surface area (Å²) in [6.45, 7) is 5.01. The molecule has 2 unspecified atom stereocenters. The second kappa shape index (κ2) is 6.51. The minimum absolute atomic E-state index is 0.225. The van der Waals surface area contributed by atoms with Crippen molar-refractivity contribution < 1.29 is 5.11 Å². The first kappa shape index (κ1) is 14.5. The summed E-state index contributed by atoms with van der Waals surface area (Å²) in [6.07, 6.45) is 4.29. The highest BCUT2D eigenvalue weighted by molar-refractivity contribution is 9.11. The molecule has 1 aromatic heterocycles. The standard InChI is InChI=1S/C14H22BrNOS/c1-9(2)6-10(17)8-16-12-4-3-5-13-11(12)7-14(15)18-13/h7,9-10,12,16-17H,3-6,8H2,1-2H3. The summed E-state index contributed by atoms with van der Waals surface area (Å²) < 4.78 is 1.23. The van der Waals surface area contributed by atoms with Gasteiger partial charge in [0.15, 0.2) is 0 Å². The van der Waals surface area contributed by atoms with Crippen LogP contribution in [-0.2, 0) is 6.42 Å². The molecule has 2 atom stereocenters. The van der Waals surface area contributed by atoms with Crippen LogP contribution in [0.5, 0.6) is 0 Å². The fourth-order valence-corrected chi connectivity index (χ4v) is 4.46. The topological polar surface area (TPSA) is 32.3 Å². The van der Waals surface area contributed by atoms with Crippen LogP contribution in [0, 0.1) is 5.92 Å². The Morgan fingerprint density at radius 1 is 1.56 bits per heavy atom. The Morgan fingerprint density at radius 2 is 2.33 bits per heavy atom. The molecule has 0 bridgehead atoms. The van der Waals surface area contributed by atoms with E-state index in [4.69, 9.17) is 0 Å². The molecular weight excluding hydrogens is 310 g/mol. The van der Waals surface area contributed by atoms with Crippen LogP contribution in [0.4, 0.5) is 0 Å². The molecule has 4 heteroatoms. The van der Waals surface area contributed by atoms with Crippen LogP contribution in [-0.4, -0.2) is 17.8 Å². The van der Waals surface area contributed by atoms with E-state index >= 15 is 0 Å². The molecule has 2 rings (SSSR count). The number of aliphatic hydroxyl groups is 1. The van der Waals surface area contributed by atoms with Crippen molar-refractivity contribution in [3.05, 3.63) is 20.3 Å². The van der Waals surface area contributed by atoms with Crippen molar-refractivity contribution in [2.45, 2.75) is 51.7 Å². The molecule has 0 radical (unpaired) electrons. The zero-order valence-corrected chi connectivity index (χ0v) is 13.5. The molecule has 0 saturated heterocycles. The number of halogens is 1. The Morgan fingerprint density at radius 3 is 3.06 bits per heavy atom. The lowest BCUT2D eigenvalue weighted by atomic mass is 9.93. The zero-order chi connectivity index (χ0) is 13.1. The number of nitrogens with one attached hydrogen (secondary N) is 1. The van der Waals surface area contributed by atoms with E-state index in [1.807, 2.05) is 11.3 Å². The summed E-state index contributed by atoms with van der Waals surface area (Å²) in [4.78, 5) is 1.50. The van der Waals surface area contributed by atoms with Gasteiger partial charge < -0.3 is 10.4 Å². The van der Waals surface area contributed by atoms with Gasteiger partial charge in [0.1, 0.15) is 0 Å². The Balaban J connectivity index is 1.91. The van der Waals surface area contributed by atoms with Crippen molar-refractivity contribution in [2.24, 2.45) is 5.92 Å². The molecule has 0 saturated carbocycles. The number of rotatable bonds is 5. The van der Waals surface area contributed by atoms with E-state index in [1.54, 1.807) is 0 Å². The van der Waals surface area contributed by atoms with Crippen molar-refractivity contribution in [2.75, 3.05) is 6.54 Å². The van der Waals surface area contributed by atoms with Gasteiger partial charge in [0.25, 0.3) is 0 Å². The quantitative estimate of drug-likeness (QED) is 0.857. The summed E-state index contributed by atoms with van der Waals surface area (Å²) in [5, 5.41) is 13.5. The third kappa shape index (κ3) is 3.80. The molecule has 1 heterocycles. The van der Waals surface area contributed by atoms with Gasteiger partial charge in [-0.25, -0.2) is 0 Å². The molecule has 1 aromatic rings. The Labute approximate surface area is 122 Å². The maximum Gasteiger partial charge on any atom is 0.0704 e. The number of fused-ring (bicyclic) bond motifs is 1. The van der Waals surface area contributed by atoms with Gasteiger partial charge in [0.2, 0.25) is 0 Å². The Kier molecular flexibility index (Phi) is 5.24. The molecule has 2 N–H and O–H groups in total. The lowest BCUT2D eigenvalue weighted by Crippen LogP contribution is -2.32. The lowest BCUT2D eigenvalue weighted by Gasteiger charge is -2.25. The van der Waals surface area contributed by atoms with Crippen molar-refractivity contribution >= 4 is 27.3 Å². The van der Waals surface area contributed by atoms with Gasteiger partial charge in [-0.15, -0.1) is 11.3 Å². The lowest BCUT2D eigenvalue weighted by molar-refractivity contribution is 0.141. The smallest absolute Gasteiger partial charge is 0.0704 e. The van der Waals surface area contributed by atoms with Crippen molar-refractivity contribution in [1.29, 1.82) is 0 Å². The van der Waals surface area contributed by atoms with Gasteiger partial charge in [0.05, 0.1) is 9.89 Å². The van der Waals surface area contributed by atoms with E-state index in [0.29, 0.717) is 18.5 Å². The highest BCUT2D eigenvalue weighted by Gasteiger charge is 2.22. The number of aryl methyl sites for hydroxylation is 1. The maximum atomic E-state index is 9.93. The van der Waals surface area contributed by atoms with Gasteiger partial charge in [0, 0.05) is 17.5 Å². The van der Waals surface area contributed by atoms with Crippen LogP contribution in [0.1, 0.15) is 49.6 Å². The predicted molar refractivity (Wildman–Crippen MR) is 81.2 cm³/mol. The molecule has 0 aromatic carbocycles. The molecule has 18 heavy (non-hydrogen) atoms. The van der Waals surface area contributed by atoms with E-state index in [0.717, 1.165) is 6.42 Å². The number of hydrogen-bond donors (Lipinski definition) is 2. The van der Waals surface area contributed by atoms with E-state index in [-0.39, 0.29) is 6.10 Å². The van der Waals surface area contributed by atoms with E-state index in [9.17, 15) is 5.11 Å². The first-order valence-corrected chi connectivity index (χ1v) is 8.36. The molecule has 1 aliphatic carbocycles. The molecule has 2 nitrogen and oxygen atoms in total. The highest BCUT2D eigenvalue weighted by atomic mass is 79.9. The first-order chi connectivity index (χ1) is 8.56. The SMILES string of the molecule is CC(C)CC(O)CNC1CCCc2sc(Br)cc21. The summed E-state index contributed by atoms with van der Waals surface area (Å²) in [5.41, 5.74) is 1.44. The van der Waals surface area contributed by atoms with Gasteiger partial charge in [-0.3, -0.25) is 0 Å². The second-order valence-electron chi connectivity index (χ2n) is 5.57. The maximum absolute atomic E-state index is 9.93. The Hall–Kier alpha value is 0.100. The summed E-state index contributed by atoms with van der Waals surface area (Å²) in [6, 6.07) is 2.67. The molecule has 102 valence electrons. The monoisotopic (exact) mass is 331 g/mol. The van der Waals surface area contributed by atoms with Gasteiger partial charge in [-0.1, -0.05) is 13.8 Å². The number of aliphatic hydroxyl groups excluding tert-OH is 1. The summed E-state index contributed by atoms with van der Waals surface area (Å²) in [7, 11) is 0. The van der Waals surface area contributed by atoms with Crippen LogP contribution < -0.4 is 5.32 Å². The number of hydrogen-bond acceptors (Lipinski definition) is 3. The third-order valence-corrected chi connectivity index (χ3v) is 5.14. The largest absolute Gasteiger partial charge is 0.392 e. The van der Waals surface area contributed by atoms with Crippen LogP contribution in [0.25, 0.3) is 0 Å². The van der Waals surface area contributed by atoms with E-state index in [1.165, 1.54) is 33.5 Å². The molecular formula is C14H22BrNOS. The van der Waals surface area contributed by atoms with Gasteiger partial charge in [-0.2, -0.15) is 0 Å². The fourth-order valence-electron chi connectivity index (χ4n) is 2.64. The second-order valence-corrected chi connectivity index (χ2v) is 8.08. The Bertz CT molecular complexity index is 391. The van der Waals surface area contributed by atoms with Gasteiger partial charge in [-0.05, 0) is 59.2 Å². The normalized spacial score (nSPS) is 21.1. The van der Waals surface area contributed by atoms with E-state index < -0.39 is 0 Å². The molecule has 0 spiro atoms. The van der Waals surface area contributed by atoms with E-state index in [2.05, 4.69) is 41.2 Å². The van der Waals surface area contributed by atoms with Crippen molar-refractivity contribution in [1.82, 2.24) is 5.32 Å². The summed E-state index contributed by atoms with van der Waals surface area (Å²) >= 11 is 5.43. The van der Waals surface area contributed by atoms with Crippen molar-refractivity contribution in [3.8, 4) is 0 Å². The first-order valence-electron chi connectivity index (χ1n) is 6.75. The van der Waals surface area contributed by atoms with Crippen LogP contribution in [0.2, 0.25) is 0 Å². The molecule has 0 fully saturated rings.